The van der Waals surface area contributed by atoms with Gasteiger partial charge in [0.1, 0.15) is 11.6 Å². The summed E-state index contributed by atoms with van der Waals surface area (Å²) in [6.45, 7) is 5.26. The Morgan fingerprint density at radius 3 is 2.64 bits per heavy atom. The van der Waals surface area contributed by atoms with Gasteiger partial charge in [0.25, 0.3) is 0 Å². The number of nitrogens with two attached hydrogens (primary N) is 1. The average Bonchev–Trinajstić information content (AvgIpc) is 2.67. The molecule has 1 heterocycles. The van der Waals surface area contributed by atoms with Crippen molar-refractivity contribution in [1.82, 2.24) is 10.2 Å². The number of carbonyl (C=O) groups excluding carboxylic acids is 1. The van der Waals surface area contributed by atoms with Crippen LogP contribution in [0.15, 0.2) is 29.3 Å². The molecular weight excluding hydrogens is 352 g/mol. The van der Waals surface area contributed by atoms with Crippen LogP contribution in [0.1, 0.15) is 29.2 Å². The number of nitrogen functional groups attached to an aromatic ring is 1. The second-order valence-electron chi connectivity index (χ2n) is 7.29. The van der Waals surface area contributed by atoms with Crippen molar-refractivity contribution in [2.75, 3.05) is 33.5 Å². The summed E-state index contributed by atoms with van der Waals surface area (Å²) in [5, 5.41) is 2.81. The summed E-state index contributed by atoms with van der Waals surface area (Å²) in [5.41, 5.74) is 13.6. The zero-order valence-corrected chi connectivity index (χ0v) is 17.2. The van der Waals surface area contributed by atoms with E-state index in [0.29, 0.717) is 11.5 Å². The second kappa shape index (κ2) is 8.02. The van der Waals surface area contributed by atoms with Crippen LogP contribution in [0.4, 0.5) is 5.69 Å². The van der Waals surface area contributed by atoms with Crippen LogP contribution in [0.2, 0.25) is 0 Å². The summed E-state index contributed by atoms with van der Waals surface area (Å²) in [4.78, 5) is 18.2. The Morgan fingerprint density at radius 1 is 1.25 bits per heavy atom. The number of benzene rings is 2. The molecule has 1 amide bonds. The van der Waals surface area contributed by atoms with Gasteiger partial charge in [0.2, 0.25) is 5.91 Å². The largest absolute Gasteiger partial charge is 0.496 e. The molecule has 0 bridgehead atoms. The van der Waals surface area contributed by atoms with Crippen molar-refractivity contribution in [3.8, 4) is 16.9 Å². The molecule has 2 aromatic rings. The molecule has 6 heteroatoms. The van der Waals surface area contributed by atoms with Crippen molar-refractivity contribution in [2.24, 2.45) is 4.99 Å². The number of hydrogen-bond acceptors (Lipinski definition) is 5. The molecule has 28 heavy (non-hydrogen) atoms. The van der Waals surface area contributed by atoms with E-state index in [1.165, 1.54) is 12.5 Å². The normalized spacial score (nSPS) is 14.5. The lowest BCUT2D eigenvalue weighted by Gasteiger charge is -2.30. The molecule has 3 N–H and O–H groups in total. The highest BCUT2D eigenvalue weighted by Gasteiger charge is 2.25. The smallest absolute Gasteiger partial charge is 0.222 e. The van der Waals surface area contributed by atoms with E-state index in [9.17, 15) is 4.79 Å². The Labute approximate surface area is 166 Å². The van der Waals surface area contributed by atoms with Crippen molar-refractivity contribution in [1.29, 1.82) is 0 Å². The van der Waals surface area contributed by atoms with E-state index in [2.05, 4.69) is 35.2 Å². The van der Waals surface area contributed by atoms with Gasteiger partial charge < -0.3 is 20.7 Å². The lowest BCUT2D eigenvalue weighted by Crippen LogP contribution is -2.32. The number of rotatable bonds is 3. The number of aryl methyl sites for hydroxylation is 1. The van der Waals surface area contributed by atoms with Gasteiger partial charge in [-0.2, -0.15) is 0 Å². The fraction of sp³-hybridized carbons (Fsp3) is 0.364. The molecule has 1 aliphatic heterocycles. The Bertz CT molecular complexity index is 950. The summed E-state index contributed by atoms with van der Waals surface area (Å²) in [7, 11) is 5.43. The van der Waals surface area contributed by atoms with Crippen LogP contribution < -0.4 is 15.8 Å². The van der Waals surface area contributed by atoms with Gasteiger partial charge in [0.05, 0.1) is 7.11 Å². The summed E-state index contributed by atoms with van der Waals surface area (Å²) in [6, 6.07) is 8.20. The Balaban J connectivity index is 2.31. The molecule has 0 aliphatic carbocycles. The number of carbonyl (C=O) groups is 1. The monoisotopic (exact) mass is 380 g/mol. The quantitative estimate of drug-likeness (QED) is 0.487. The third-order valence-electron chi connectivity index (χ3n) is 5.18. The van der Waals surface area contributed by atoms with Crippen LogP contribution >= 0.6 is 0 Å². The highest BCUT2D eigenvalue weighted by Crippen LogP contribution is 2.40. The Morgan fingerprint density at radius 2 is 2.00 bits per heavy atom. The first-order chi connectivity index (χ1) is 13.3. The van der Waals surface area contributed by atoms with Crippen LogP contribution in [0.3, 0.4) is 0 Å². The minimum atomic E-state index is -0.176. The summed E-state index contributed by atoms with van der Waals surface area (Å²) < 4.78 is 5.65. The number of nitrogens with one attached hydrogen (secondary N) is 1. The minimum Gasteiger partial charge on any atom is -0.496 e. The number of amides is 1. The first-order valence-corrected chi connectivity index (χ1v) is 9.38. The van der Waals surface area contributed by atoms with Crippen LogP contribution in [0, 0.1) is 6.92 Å². The predicted octanol–water partition coefficient (Wildman–Crippen LogP) is 2.75. The molecule has 3 rings (SSSR count). The average molecular weight is 380 g/mol. The summed E-state index contributed by atoms with van der Waals surface area (Å²) >= 11 is 0. The third-order valence-corrected chi connectivity index (χ3v) is 5.18. The summed E-state index contributed by atoms with van der Waals surface area (Å²) in [5.74, 6) is 1.12. The number of methoxy groups -OCH3 is 1. The Hall–Kier alpha value is -2.86. The first-order valence-electron chi connectivity index (χ1n) is 9.38. The number of hydrogen-bond donors (Lipinski definition) is 2. The molecular formula is C22H28N4O2. The fourth-order valence-corrected chi connectivity index (χ4v) is 3.79. The summed E-state index contributed by atoms with van der Waals surface area (Å²) in [6.07, 6.45) is 0.904. The molecule has 0 unspecified atom stereocenters. The van der Waals surface area contributed by atoms with Crippen molar-refractivity contribution in [3.05, 3.63) is 46.5 Å². The van der Waals surface area contributed by atoms with Crippen LogP contribution in [0.25, 0.3) is 11.1 Å². The molecule has 0 radical (unpaired) electrons. The predicted molar refractivity (Wildman–Crippen MR) is 114 cm³/mol. The molecule has 6 nitrogen and oxygen atoms in total. The number of fused-ring (bicyclic) bond motifs is 1. The molecule has 0 saturated carbocycles. The van der Waals surface area contributed by atoms with Gasteiger partial charge in [-0.25, -0.2) is 0 Å². The van der Waals surface area contributed by atoms with Gasteiger partial charge in [-0.15, -0.1) is 0 Å². The van der Waals surface area contributed by atoms with Gasteiger partial charge in [0, 0.05) is 43.9 Å². The molecule has 0 saturated heterocycles. The Kier molecular flexibility index (Phi) is 5.70. The zero-order chi connectivity index (χ0) is 20.4. The van der Waals surface area contributed by atoms with Gasteiger partial charge in [-0.05, 0) is 55.3 Å². The van der Waals surface area contributed by atoms with E-state index in [1.807, 2.05) is 18.2 Å². The van der Waals surface area contributed by atoms with Crippen LogP contribution in [-0.4, -0.2) is 44.4 Å². The highest BCUT2D eigenvalue weighted by atomic mass is 16.5. The minimum absolute atomic E-state index is 0.176. The van der Waals surface area contributed by atoms with E-state index >= 15 is 0 Å². The van der Waals surface area contributed by atoms with Crippen molar-refractivity contribution in [2.45, 2.75) is 26.8 Å². The fourth-order valence-electron chi connectivity index (χ4n) is 3.79. The van der Waals surface area contributed by atoms with Crippen LogP contribution in [-0.2, 0) is 17.8 Å². The highest BCUT2D eigenvalue weighted by molar-refractivity contribution is 6.11. The number of aliphatic imine (C=N–C) groups is 1. The number of ether oxygens (including phenoxy) is 1. The van der Waals surface area contributed by atoms with E-state index < -0.39 is 0 Å². The molecule has 2 aromatic carbocycles. The lowest BCUT2D eigenvalue weighted by molar-refractivity contribution is -0.117. The van der Waals surface area contributed by atoms with E-state index in [1.54, 1.807) is 14.2 Å². The number of likely N-dealkylation sites (N-methyl/N-ethyl adjacent to an activating group) is 1. The topological polar surface area (TPSA) is 79.9 Å². The van der Waals surface area contributed by atoms with E-state index in [-0.39, 0.29) is 5.91 Å². The maximum absolute atomic E-state index is 11.7. The van der Waals surface area contributed by atoms with E-state index in [4.69, 9.17) is 10.5 Å². The van der Waals surface area contributed by atoms with Crippen molar-refractivity contribution in [3.63, 3.8) is 0 Å². The maximum atomic E-state index is 11.7. The standard InChI is InChI=1S/C22H28N4O2/c1-13-6-7-20(28-5)17(10-13)16-11-18(22(24-3)25-14(2)27)21(23)19-12-26(4)9-8-15(16)19/h6-7,10-11H,8-9,12,23H2,1-5H3,(H,24,25,27). The number of anilines is 1. The molecule has 148 valence electrons. The van der Waals surface area contributed by atoms with Gasteiger partial charge in [-0.1, -0.05) is 11.6 Å². The maximum Gasteiger partial charge on any atom is 0.222 e. The molecule has 0 atom stereocenters. The number of amidine groups is 1. The SMILES string of the molecule is CN=C(NC(C)=O)c1cc(-c2cc(C)ccc2OC)c2c(c1N)CN(C)CC2. The van der Waals surface area contributed by atoms with Gasteiger partial charge in [-0.3, -0.25) is 9.79 Å². The molecule has 0 fully saturated rings. The van der Waals surface area contributed by atoms with Gasteiger partial charge >= 0.3 is 0 Å². The molecule has 1 aliphatic rings. The third kappa shape index (κ3) is 3.73. The first kappa shape index (κ1) is 19.9. The molecule has 0 aromatic heterocycles. The zero-order valence-electron chi connectivity index (χ0n) is 17.2. The number of nitrogens with zero attached hydrogens (tertiary/aromatic N) is 2. The van der Waals surface area contributed by atoms with Crippen LogP contribution in [0.5, 0.6) is 5.75 Å². The van der Waals surface area contributed by atoms with Crippen molar-refractivity contribution >= 4 is 17.4 Å². The lowest BCUT2D eigenvalue weighted by atomic mass is 9.86. The van der Waals surface area contributed by atoms with E-state index in [0.717, 1.165) is 53.1 Å². The van der Waals surface area contributed by atoms with Gasteiger partial charge in [0.15, 0.2) is 0 Å². The second-order valence-corrected chi connectivity index (χ2v) is 7.29. The van der Waals surface area contributed by atoms with Crippen molar-refractivity contribution < 1.29 is 9.53 Å². The molecule has 0 spiro atoms.